The van der Waals surface area contributed by atoms with Gasteiger partial charge in [0.2, 0.25) is 0 Å². The summed E-state index contributed by atoms with van der Waals surface area (Å²) in [7, 11) is -3.65. The molecular formula is C19H20N2O3S2. The first kappa shape index (κ1) is 17.3. The smallest absolute Gasteiger partial charge is 0.271 e. The Hall–Kier alpha value is -2.12. The van der Waals surface area contributed by atoms with Crippen LogP contribution in [-0.2, 0) is 10.0 Å². The number of rotatable bonds is 5. The maximum absolute atomic E-state index is 12.8. The highest BCUT2D eigenvalue weighted by molar-refractivity contribution is 7.94. The van der Waals surface area contributed by atoms with Crippen LogP contribution in [0.25, 0.3) is 10.6 Å². The molecule has 0 atom stereocenters. The number of aromatic nitrogens is 1. The SMILES string of the molecule is Cc1cc(C)c(NS(=O)(=O)c2ccc(-c3cnc(C4CC4)o3)s2)c(C)c1. The summed E-state index contributed by atoms with van der Waals surface area (Å²) in [4.78, 5) is 5.07. The van der Waals surface area contributed by atoms with Crippen molar-refractivity contribution in [1.82, 2.24) is 4.98 Å². The molecule has 0 saturated heterocycles. The largest absolute Gasteiger partial charge is 0.440 e. The fourth-order valence-corrected chi connectivity index (χ4v) is 5.50. The third-order valence-electron chi connectivity index (χ3n) is 4.45. The van der Waals surface area contributed by atoms with Gasteiger partial charge in [-0.1, -0.05) is 17.7 Å². The molecule has 1 aliphatic rings. The van der Waals surface area contributed by atoms with Gasteiger partial charge in [-0.25, -0.2) is 13.4 Å². The second-order valence-electron chi connectivity index (χ2n) is 6.83. The zero-order valence-corrected chi connectivity index (χ0v) is 16.5. The topological polar surface area (TPSA) is 72.2 Å². The van der Waals surface area contributed by atoms with E-state index in [1.807, 2.05) is 32.9 Å². The molecule has 136 valence electrons. The van der Waals surface area contributed by atoms with E-state index in [0.29, 0.717) is 17.4 Å². The molecule has 0 unspecified atom stereocenters. The van der Waals surface area contributed by atoms with Crippen molar-refractivity contribution in [2.24, 2.45) is 0 Å². The van der Waals surface area contributed by atoms with Gasteiger partial charge in [0.05, 0.1) is 16.8 Å². The Morgan fingerprint density at radius 2 is 1.85 bits per heavy atom. The normalized spacial score (nSPS) is 14.6. The van der Waals surface area contributed by atoms with Crippen LogP contribution in [0, 0.1) is 20.8 Å². The van der Waals surface area contributed by atoms with Crippen LogP contribution in [0.2, 0.25) is 0 Å². The van der Waals surface area contributed by atoms with E-state index < -0.39 is 10.0 Å². The second-order valence-corrected chi connectivity index (χ2v) is 9.83. The van der Waals surface area contributed by atoms with Crippen molar-refractivity contribution in [1.29, 1.82) is 0 Å². The van der Waals surface area contributed by atoms with Crippen LogP contribution in [0.4, 0.5) is 5.69 Å². The van der Waals surface area contributed by atoms with E-state index in [4.69, 9.17) is 4.42 Å². The Kier molecular flexibility index (Phi) is 4.16. The summed E-state index contributed by atoms with van der Waals surface area (Å²) >= 11 is 1.19. The van der Waals surface area contributed by atoms with Gasteiger partial charge in [0.1, 0.15) is 4.21 Å². The van der Waals surface area contributed by atoms with Gasteiger partial charge in [-0.15, -0.1) is 11.3 Å². The van der Waals surface area contributed by atoms with Crippen molar-refractivity contribution in [3.8, 4) is 10.6 Å². The van der Waals surface area contributed by atoms with Gasteiger partial charge in [-0.2, -0.15) is 0 Å². The molecular weight excluding hydrogens is 368 g/mol. The van der Waals surface area contributed by atoms with E-state index in [1.54, 1.807) is 18.3 Å². The van der Waals surface area contributed by atoms with Gasteiger partial charge >= 0.3 is 0 Å². The highest BCUT2D eigenvalue weighted by atomic mass is 32.2. The standard InChI is InChI=1S/C19H20N2O3S2/c1-11-8-12(2)18(13(3)9-11)21-26(22,23)17-7-6-16(25-17)15-10-20-19(24-15)14-4-5-14/h6-10,14,21H,4-5H2,1-3H3. The maximum Gasteiger partial charge on any atom is 0.271 e. The number of aryl methyl sites for hydroxylation is 3. The first-order valence-corrected chi connectivity index (χ1v) is 10.8. The first-order chi connectivity index (χ1) is 12.3. The Morgan fingerprint density at radius 1 is 1.15 bits per heavy atom. The number of benzene rings is 1. The molecule has 7 heteroatoms. The second kappa shape index (κ2) is 6.25. The summed E-state index contributed by atoms with van der Waals surface area (Å²) in [6.07, 6.45) is 3.91. The minimum atomic E-state index is -3.65. The quantitative estimate of drug-likeness (QED) is 0.667. The van der Waals surface area contributed by atoms with Crippen LogP contribution >= 0.6 is 11.3 Å². The van der Waals surface area contributed by atoms with E-state index in [2.05, 4.69) is 9.71 Å². The van der Waals surface area contributed by atoms with Crippen LogP contribution in [0.15, 0.2) is 39.1 Å². The molecule has 26 heavy (non-hydrogen) atoms. The third-order valence-corrected chi connectivity index (χ3v) is 7.39. The summed E-state index contributed by atoms with van der Waals surface area (Å²) in [5.41, 5.74) is 3.57. The molecule has 2 heterocycles. The molecule has 1 fully saturated rings. The van der Waals surface area contributed by atoms with Crippen molar-refractivity contribution in [2.45, 2.75) is 43.7 Å². The molecule has 1 saturated carbocycles. The van der Waals surface area contributed by atoms with Crippen molar-refractivity contribution >= 4 is 27.0 Å². The highest BCUT2D eigenvalue weighted by Gasteiger charge is 2.29. The lowest BCUT2D eigenvalue weighted by Crippen LogP contribution is -2.13. The number of hydrogen-bond acceptors (Lipinski definition) is 5. The average molecular weight is 389 g/mol. The number of hydrogen-bond donors (Lipinski definition) is 1. The number of thiophene rings is 1. The highest BCUT2D eigenvalue weighted by Crippen LogP contribution is 2.41. The first-order valence-electron chi connectivity index (χ1n) is 8.50. The zero-order valence-electron chi connectivity index (χ0n) is 14.9. The number of sulfonamides is 1. The molecule has 1 N–H and O–H groups in total. The van der Waals surface area contributed by atoms with E-state index in [9.17, 15) is 8.42 Å². The van der Waals surface area contributed by atoms with E-state index in [-0.39, 0.29) is 4.21 Å². The van der Waals surface area contributed by atoms with Crippen molar-refractivity contribution in [3.05, 3.63) is 53.0 Å². The molecule has 1 aromatic carbocycles. The lowest BCUT2D eigenvalue weighted by molar-refractivity contribution is 0.510. The monoisotopic (exact) mass is 388 g/mol. The van der Waals surface area contributed by atoms with Crippen LogP contribution in [-0.4, -0.2) is 13.4 Å². The van der Waals surface area contributed by atoms with E-state index >= 15 is 0 Å². The number of nitrogens with one attached hydrogen (secondary N) is 1. The van der Waals surface area contributed by atoms with Gasteiger partial charge in [-0.05, 0) is 56.9 Å². The summed E-state index contributed by atoms with van der Waals surface area (Å²) in [6, 6.07) is 7.32. The minimum absolute atomic E-state index is 0.260. The summed E-state index contributed by atoms with van der Waals surface area (Å²) in [5.74, 6) is 1.81. The summed E-state index contributed by atoms with van der Waals surface area (Å²) < 4.78 is 34.4. The lowest BCUT2D eigenvalue weighted by Gasteiger charge is -2.13. The van der Waals surface area contributed by atoms with Crippen molar-refractivity contribution < 1.29 is 12.8 Å². The molecule has 2 aromatic heterocycles. The number of anilines is 1. The lowest BCUT2D eigenvalue weighted by atomic mass is 10.1. The zero-order chi connectivity index (χ0) is 18.5. The van der Waals surface area contributed by atoms with Gasteiger partial charge in [0.25, 0.3) is 10.0 Å². The molecule has 0 spiro atoms. The molecule has 0 amide bonds. The van der Waals surface area contributed by atoms with Gasteiger partial charge in [0, 0.05) is 5.92 Å². The van der Waals surface area contributed by atoms with Gasteiger partial charge in [0.15, 0.2) is 11.7 Å². The van der Waals surface area contributed by atoms with Crippen LogP contribution in [0.3, 0.4) is 0 Å². The number of oxazole rings is 1. The van der Waals surface area contributed by atoms with E-state index in [0.717, 1.165) is 40.3 Å². The molecule has 0 bridgehead atoms. The van der Waals surface area contributed by atoms with Crippen LogP contribution in [0.5, 0.6) is 0 Å². The minimum Gasteiger partial charge on any atom is -0.440 e. The van der Waals surface area contributed by atoms with Crippen LogP contribution < -0.4 is 4.72 Å². The molecule has 0 aliphatic heterocycles. The Balaban J connectivity index is 1.61. The predicted octanol–water partition coefficient (Wildman–Crippen LogP) is 5.01. The van der Waals surface area contributed by atoms with E-state index in [1.165, 1.54) is 11.3 Å². The Bertz CT molecular complexity index is 1050. The average Bonchev–Trinajstić information content (AvgIpc) is 3.10. The van der Waals surface area contributed by atoms with Crippen molar-refractivity contribution in [3.63, 3.8) is 0 Å². The number of nitrogens with zero attached hydrogens (tertiary/aromatic N) is 1. The molecule has 0 radical (unpaired) electrons. The van der Waals surface area contributed by atoms with Crippen molar-refractivity contribution in [2.75, 3.05) is 4.72 Å². The fourth-order valence-electron chi connectivity index (χ4n) is 3.04. The summed E-state index contributed by atoms with van der Waals surface area (Å²) in [5, 5.41) is 0. The Morgan fingerprint density at radius 3 is 2.50 bits per heavy atom. The Labute approximate surface area is 157 Å². The fraction of sp³-hybridized carbons (Fsp3) is 0.316. The molecule has 4 rings (SSSR count). The van der Waals surface area contributed by atoms with Gasteiger partial charge in [-0.3, -0.25) is 4.72 Å². The molecule has 1 aliphatic carbocycles. The molecule has 3 aromatic rings. The summed E-state index contributed by atoms with van der Waals surface area (Å²) in [6.45, 7) is 5.81. The molecule has 5 nitrogen and oxygen atoms in total. The maximum atomic E-state index is 12.8. The third kappa shape index (κ3) is 3.29. The van der Waals surface area contributed by atoms with Crippen LogP contribution in [0.1, 0.15) is 41.3 Å². The van der Waals surface area contributed by atoms with Gasteiger partial charge < -0.3 is 4.42 Å². The predicted molar refractivity (Wildman–Crippen MR) is 103 cm³/mol.